The first-order chi connectivity index (χ1) is 26.2. The van der Waals surface area contributed by atoms with Crippen molar-refractivity contribution < 1.29 is 52.6 Å². The normalized spacial score (nSPS) is 30.4. The van der Waals surface area contributed by atoms with Gasteiger partial charge in [-0.3, -0.25) is 4.79 Å². The third kappa shape index (κ3) is 10.5. The van der Waals surface area contributed by atoms with Crippen molar-refractivity contribution in [3.63, 3.8) is 0 Å². The highest BCUT2D eigenvalue weighted by Gasteiger charge is 2.53. The number of rotatable bonds is 18. The van der Waals surface area contributed by atoms with Gasteiger partial charge in [0.2, 0.25) is 5.79 Å². The van der Waals surface area contributed by atoms with Gasteiger partial charge in [0.1, 0.15) is 18.0 Å². The van der Waals surface area contributed by atoms with Crippen LogP contribution < -0.4 is 5.32 Å². The third-order valence-electron chi connectivity index (χ3n) is 12.2. The van der Waals surface area contributed by atoms with E-state index >= 15 is 0 Å². The molecule has 13 nitrogen and oxygen atoms in total. The number of carbonyl (C=O) groups excluding carboxylic acids is 3. The molecule has 3 aliphatic rings. The number of esters is 3. The van der Waals surface area contributed by atoms with Crippen LogP contribution in [-0.2, 0) is 42.7 Å². The molecule has 56 heavy (non-hydrogen) atoms. The molecule has 2 N–H and O–H groups in total. The van der Waals surface area contributed by atoms with Gasteiger partial charge in [0.25, 0.3) is 0 Å². The van der Waals surface area contributed by atoms with E-state index in [9.17, 15) is 19.5 Å². The number of aliphatic hydroxyl groups excluding tert-OH is 1. The van der Waals surface area contributed by atoms with E-state index in [0.717, 1.165) is 0 Å². The van der Waals surface area contributed by atoms with Crippen LogP contribution >= 0.6 is 0 Å². The molecule has 1 aromatic rings. The molecule has 0 radical (unpaired) electrons. The second-order valence-electron chi connectivity index (χ2n) is 17.4. The van der Waals surface area contributed by atoms with Crippen LogP contribution in [0.4, 0.5) is 0 Å². The van der Waals surface area contributed by atoms with E-state index in [-0.39, 0.29) is 48.8 Å². The van der Waals surface area contributed by atoms with Gasteiger partial charge in [-0.05, 0) is 85.6 Å². The molecule has 0 bridgehead atoms. The van der Waals surface area contributed by atoms with E-state index in [2.05, 4.69) is 24.1 Å². The standard InChI is InChI=1S/C43H68N2O11/c1-14-34(46)43(10)32(21-35(47)54-43)29(6)44-23-25(2)22-42(9,50-13)37(27(4)36-28(5)38(48)56-41(7,8)55-36)53-40-26(3)33(45(11)12)20-31(52-40)24-51-39(49)30-18-16-15-17-19-30/h15-19,25-27,29,31-34,37,40,44,46H,14,20-24H2,1-13H3/t25-,26?,27+,29-,31?,32-,33?,34-,37-,40?,42-,43+/m1/s1. The Labute approximate surface area is 334 Å². The zero-order valence-electron chi connectivity index (χ0n) is 35.9. The molecule has 3 heterocycles. The SMILES string of the molecule is CC[C@@H](O)[C@@]1(C)OC(=O)C[C@@H]1[C@@H](C)NC[C@H](C)C[C@@](C)(OC)[C@H](OC1OC(COC(=O)c2ccccc2)CC(N(C)C)C1C)[C@@H](C)C1=C(C)C(=O)OC(C)(C)O1. The molecule has 0 spiro atoms. The summed E-state index contributed by atoms with van der Waals surface area (Å²) < 4.78 is 43.6. The lowest BCUT2D eigenvalue weighted by Crippen LogP contribution is -2.57. The van der Waals surface area contributed by atoms with Crippen molar-refractivity contribution in [2.75, 3.05) is 34.4 Å². The van der Waals surface area contributed by atoms with Gasteiger partial charge in [0.15, 0.2) is 6.29 Å². The summed E-state index contributed by atoms with van der Waals surface area (Å²) in [5.41, 5.74) is -1.09. The Morgan fingerprint density at radius 2 is 1.75 bits per heavy atom. The predicted octanol–water partition coefficient (Wildman–Crippen LogP) is 5.63. The van der Waals surface area contributed by atoms with Crippen molar-refractivity contribution in [2.45, 2.75) is 149 Å². The number of hydrogen-bond acceptors (Lipinski definition) is 13. The number of hydrogen-bond donors (Lipinski definition) is 2. The minimum Gasteiger partial charge on any atom is -0.459 e. The summed E-state index contributed by atoms with van der Waals surface area (Å²) in [4.78, 5) is 40.6. The molecule has 0 amide bonds. The second-order valence-corrected chi connectivity index (χ2v) is 17.4. The summed E-state index contributed by atoms with van der Waals surface area (Å²) in [6.07, 6.45) is -0.792. The van der Waals surface area contributed by atoms with Crippen molar-refractivity contribution in [1.82, 2.24) is 10.2 Å². The molecular formula is C43H68N2O11. The summed E-state index contributed by atoms with van der Waals surface area (Å²) in [7, 11) is 5.69. The first-order valence-electron chi connectivity index (χ1n) is 20.2. The number of aliphatic hydroxyl groups is 1. The van der Waals surface area contributed by atoms with Crippen LogP contribution in [0.25, 0.3) is 0 Å². The maximum Gasteiger partial charge on any atom is 0.340 e. The zero-order chi connectivity index (χ0) is 41.7. The van der Waals surface area contributed by atoms with Gasteiger partial charge in [0.05, 0.1) is 41.5 Å². The number of benzene rings is 1. The van der Waals surface area contributed by atoms with Crippen LogP contribution in [0.5, 0.6) is 0 Å². The van der Waals surface area contributed by atoms with E-state index in [1.165, 1.54) is 0 Å². The minimum absolute atomic E-state index is 0.0349. The Morgan fingerprint density at radius 1 is 1.09 bits per heavy atom. The summed E-state index contributed by atoms with van der Waals surface area (Å²) in [6.45, 7) is 19.6. The summed E-state index contributed by atoms with van der Waals surface area (Å²) in [5.74, 6) is -2.69. The number of carbonyl (C=O) groups is 3. The number of cyclic esters (lactones) is 2. The van der Waals surface area contributed by atoms with Crippen molar-refractivity contribution in [3.05, 3.63) is 47.2 Å². The lowest BCUT2D eigenvalue weighted by molar-refractivity contribution is -0.290. The number of nitrogens with one attached hydrogen (secondary N) is 1. The first kappa shape index (κ1) is 45.6. The number of ether oxygens (including phenoxy) is 7. The highest BCUT2D eigenvalue weighted by molar-refractivity contribution is 5.89. The van der Waals surface area contributed by atoms with E-state index in [0.29, 0.717) is 42.7 Å². The minimum atomic E-state index is -1.19. The molecule has 2 fully saturated rings. The summed E-state index contributed by atoms with van der Waals surface area (Å²) in [5, 5.41) is 14.4. The van der Waals surface area contributed by atoms with Gasteiger partial charge < -0.3 is 48.5 Å². The van der Waals surface area contributed by atoms with Crippen LogP contribution in [0.2, 0.25) is 0 Å². The van der Waals surface area contributed by atoms with Crippen LogP contribution in [-0.4, -0.2) is 116 Å². The van der Waals surface area contributed by atoms with Gasteiger partial charge in [-0.25, -0.2) is 9.59 Å². The topological polar surface area (TPSA) is 151 Å². The fourth-order valence-corrected chi connectivity index (χ4v) is 8.82. The maximum atomic E-state index is 13.1. The van der Waals surface area contributed by atoms with E-state index in [4.69, 9.17) is 33.2 Å². The van der Waals surface area contributed by atoms with Crippen LogP contribution in [0.3, 0.4) is 0 Å². The molecular weight excluding hydrogens is 720 g/mol. The lowest BCUT2D eigenvalue weighted by atomic mass is 9.78. The molecule has 0 aliphatic carbocycles. The molecule has 2 saturated heterocycles. The lowest BCUT2D eigenvalue weighted by Gasteiger charge is -2.48. The van der Waals surface area contributed by atoms with Crippen LogP contribution in [0.1, 0.15) is 105 Å². The van der Waals surface area contributed by atoms with Crippen LogP contribution in [0, 0.1) is 23.7 Å². The Kier molecular flexibility index (Phi) is 15.2. The molecule has 12 atom stereocenters. The fourth-order valence-electron chi connectivity index (χ4n) is 8.82. The second kappa shape index (κ2) is 18.7. The number of nitrogens with zero attached hydrogens (tertiary/aromatic N) is 1. The monoisotopic (exact) mass is 788 g/mol. The predicted molar refractivity (Wildman–Crippen MR) is 210 cm³/mol. The van der Waals surface area contributed by atoms with Crippen molar-refractivity contribution in [2.24, 2.45) is 23.7 Å². The van der Waals surface area contributed by atoms with Crippen molar-refractivity contribution in [1.29, 1.82) is 0 Å². The summed E-state index contributed by atoms with van der Waals surface area (Å²) in [6, 6.07) is 8.78. The third-order valence-corrected chi connectivity index (χ3v) is 12.2. The zero-order valence-corrected chi connectivity index (χ0v) is 35.9. The molecule has 316 valence electrons. The van der Waals surface area contributed by atoms with E-state index < -0.39 is 59.4 Å². The van der Waals surface area contributed by atoms with Gasteiger partial charge in [-0.1, -0.05) is 45.9 Å². The largest absolute Gasteiger partial charge is 0.459 e. The van der Waals surface area contributed by atoms with E-state index in [1.54, 1.807) is 52.1 Å². The number of methoxy groups -OCH3 is 1. The molecule has 1 aromatic carbocycles. The quantitative estimate of drug-likeness (QED) is 0.140. The average Bonchev–Trinajstić information content (AvgIpc) is 3.47. The summed E-state index contributed by atoms with van der Waals surface area (Å²) >= 11 is 0. The Morgan fingerprint density at radius 3 is 2.36 bits per heavy atom. The molecule has 13 heteroatoms. The molecule has 4 unspecified atom stereocenters. The molecule has 3 aliphatic heterocycles. The van der Waals surface area contributed by atoms with Crippen molar-refractivity contribution in [3.8, 4) is 0 Å². The average molecular weight is 789 g/mol. The van der Waals surface area contributed by atoms with Gasteiger partial charge in [-0.15, -0.1) is 0 Å². The Balaban J connectivity index is 1.61. The van der Waals surface area contributed by atoms with Crippen LogP contribution in [0.15, 0.2) is 41.7 Å². The smallest absolute Gasteiger partial charge is 0.340 e. The molecule has 4 rings (SSSR count). The van der Waals surface area contributed by atoms with Gasteiger partial charge >= 0.3 is 17.9 Å². The Bertz CT molecular complexity index is 1530. The van der Waals surface area contributed by atoms with Gasteiger partial charge in [-0.2, -0.15) is 0 Å². The van der Waals surface area contributed by atoms with E-state index in [1.807, 2.05) is 54.8 Å². The van der Waals surface area contributed by atoms with Gasteiger partial charge in [0, 0.05) is 50.8 Å². The van der Waals surface area contributed by atoms with Crippen molar-refractivity contribution >= 4 is 17.9 Å². The fraction of sp³-hybridized carbons (Fsp3) is 0.744. The molecule has 0 aromatic heterocycles. The highest BCUT2D eigenvalue weighted by atomic mass is 16.7. The maximum absolute atomic E-state index is 13.1. The first-order valence-corrected chi connectivity index (χ1v) is 20.2. The Hall–Kier alpha value is -3.07. The molecule has 0 saturated carbocycles. The highest BCUT2D eigenvalue weighted by Crippen LogP contribution is 2.42.